The van der Waals surface area contributed by atoms with Gasteiger partial charge in [-0.1, -0.05) is 11.2 Å². The molecule has 0 radical (unpaired) electrons. The Labute approximate surface area is 108 Å². The van der Waals surface area contributed by atoms with E-state index in [1.54, 1.807) is 0 Å². The Kier molecular flexibility index (Phi) is 3.20. The summed E-state index contributed by atoms with van der Waals surface area (Å²) < 4.78 is 27.3. The first-order chi connectivity index (χ1) is 7.46. The van der Waals surface area contributed by atoms with Gasteiger partial charge in [0.1, 0.15) is 0 Å². The lowest BCUT2D eigenvalue weighted by molar-refractivity contribution is 0.342. The van der Waals surface area contributed by atoms with Gasteiger partial charge in [-0.15, -0.1) is 0 Å². The number of halogens is 1. The molecular formula is C10H10INO3S. The molecule has 0 unspecified atom stereocenters. The van der Waals surface area contributed by atoms with E-state index in [0.29, 0.717) is 5.71 Å². The van der Waals surface area contributed by atoms with Crippen molar-refractivity contribution in [2.75, 3.05) is 6.26 Å². The van der Waals surface area contributed by atoms with Gasteiger partial charge in [0, 0.05) is 9.13 Å². The highest BCUT2D eigenvalue weighted by Gasteiger charge is 2.19. The summed E-state index contributed by atoms with van der Waals surface area (Å²) in [6.07, 6.45) is 2.60. The number of rotatable bonds is 2. The lowest BCUT2D eigenvalue weighted by Gasteiger charge is -2.00. The zero-order valence-corrected chi connectivity index (χ0v) is 11.6. The number of aryl methyl sites for hydroxylation is 1. The van der Waals surface area contributed by atoms with E-state index < -0.39 is 10.1 Å². The second-order valence-electron chi connectivity index (χ2n) is 3.62. The van der Waals surface area contributed by atoms with Crippen molar-refractivity contribution in [2.45, 2.75) is 12.8 Å². The van der Waals surface area contributed by atoms with Crippen LogP contribution in [0.1, 0.15) is 17.5 Å². The summed E-state index contributed by atoms with van der Waals surface area (Å²) in [7, 11) is -3.51. The summed E-state index contributed by atoms with van der Waals surface area (Å²) in [5.74, 6) is 0. The van der Waals surface area contributed by atoms with Gasteiger partial charge in [-0.05, 0) is 53.1 Å². The van der Waals surface area contributed by atoms with Gasteiger partial charge < -0.3 is 0 Å². The molecule has 0 aromatic heterocycles. The third-order valence-electron chi connectivity index (χ3n) is 2.29. The SMILES string of the molecule is CS(=O)(=O)ON=C1CCc2cc(I)ccc21. The molecule has 1 aliphatic carbocycles. The van der Waals surface area contributed by atoms with Crippen LogP contribution in [0, 0.1) is 3.57 Å². The molecule has 0 fully saturated rings. The van der Waals surface area contributed by atoms with Crippen molar-refractivity contribution < 1.29 is 12.7 Å². The maximum Gasteiger partial charge on any atom is 0.325 e. The third-order valence-corrected chi connectivity index (χ3v) is 3.31. The molecule has 0 saturated heterocycles. The second-order valence-corrected chi connectivity index (χ2v) is 6.42. The monoisotopic (exact) mass is 351 g/mol. The number of fused-ring (bicyclic) bond motifs is 1. The van der Waals surface area contributed by atoms with Crippen LogP contribution in [0.15, 0.2) is 23.4 Å². The largest absolute Gasteiger partial charge is 0.325 e. The molecule has 1 aromatic carbocycles. The molecule has 0 spiro atoms. The Bertz CT molecular complexity index is 551. The molecule has 0 bridgehead atoms. The van der Waals surface area contributed by atoms with Crippen molar-refractivity contribution in [3.63, 3.8) is 0 Å². The topological polar surface area (TPSA) is 55.7 Å². The zero-order valence-electron chi connectivity index (χ0n) is 8.60. The second kappa shape index (κ2) is 4.33. The summed E-state index contributed by atoms with van der Waals surface area (Å²) in [6.45, 7) is 0. The van der Waals surface area contributed by atoms with Crippen LogP contribution in [0.5, 0.6) is 0 Å². The minimum Gasteiger partial charge on any atom is -0.268 e. The van der Waals surface area contributed by atoms with E-state index >= 15 is 0 Å². The van der Waals surface area contributed by atoms with E-state index in [1.807, 2.05) is 12.1 Å². The molecule has 1 aromatic rings. The fraction of sp³-hybridized carbons (Fsp3) is 0.300. The van der Waals surface area contributed by atoms with E-state index in [2.05, 4.69) is 38.1 Å². The van der Waals surface area contributed by atoms with E-state index in [9.17, 15) is 8.42 Å². The lowest BCUT2D eigenvalue weighted by Crippen LogP contribution is -2.02. The van der Waals surface area contributed by atoms with Gasteiger partial charge in [-0.25, -0.2) is 0 Å². The molecule has 86 valence electrons. The van der Waals surface area contributed by atoms with Gasteiger partial charge in [0.15, 0.2) is 0 Å². The van der Waals surface area contributed by atoms with Crippen molar-refractivity contribution in [1.82, 2.24) is 0 Å². The molecule has 0 saturated carbocycles. The van der Waals surface area contributed by atoms with Crippen LogP contribution in [0.25, 0.3) is 0 Å². The number of hydrogen-bond acceptors (Lipinski definition) is 4. The van der Waals surface area contributed by atoms with Gasteiger partial charge in [0.05, 0.1) is 12.0 Å². The Hall–Kier alpha value is -0.630. The summed E-state index contributed by atoms with van der Waals surface area (Å²) in [6, 6.07) is 6.01. The smallest absolute Gasteiger partial charge is 0.268 e. The van der Waals surface area contributed by atoms with Gasteiger partial charge in [0.2, 0.25) is 0 Å². The summed E-state index contributed by atoms with van der Waals surface area (Å²) in [5, 5.41) is 3.69. The molecule has 2 rings (SSSR count). The van der Waals surface area contributed by atoms with Crippen LogP contribution >= 0.6 is 22.6 Å². The summed E-state index contributed by atoms with van der Waals surface area (Å²) >= 11 is 2.25. The molecule has 0 heterocycles. The molecule has 0 aliphatic heterocycles. The average Bonchev–Trinajstić information content (AvgIpc) is 2.56. The van der Waals surface area contributed by atoms with Gasteiger partial charge in [0.25, 0.3) is 0 Å². The van der Waals surface area contributed by atoms with Crippen molar-refractivity contribution in [2.24, 2.45) is 5.16 Å². The minimum absolute atomic E-state index is 0.705. The highest BCUT2D eigenvalue weighted by Crippen LogP contribution is 2.24. The normalized spacial score (nSPS) is 17.5. The number of benzene rings is 1. The van der Waals surface area contributed by atoms with Crippen LogP contribution in [-0.2, 0) is 20.8 Å². The predicted octanol–water partition coefficient (Wildman–Crippen LogP) is 1.92. The van der Waals surface area contributed by atoms with Crippen LogP contribution in [-0.4, -0.2) is 20.4 Å². The fourth-order valence-electron chi connectivity index (χ4n) is 1.65. The number of hydrogen-bond donors (Lipinski definition) is 0. The number of oxime groups is 1. The van der Waals surface area contributed by atoms with Crippen LogP contribution < -0.4 is 0 Å². The lowest BCUT2D eigenvalue weighted by atomic mass is 10.1. The molecule has 6 heteroatoms. The molecule has 1 aliphatic rings. The molecule has 0 N–H and O–H groups in total. The van der Waals surface area contributed by atoms with Crippen LogP contribution in [0.3, 0.4) is 0 Å². The van der Waals surface area contributed by atoms with E-state index in [1.165, 1.54) is 9.13 Å². The molecular weight excluding hydrogens is 341 g/mol. The number of nitrogens with zero attached hydrogens (tertiary/aromatic N) is 1. The summed E-state index contributed by atoms with van der Waals surface area (Å²) in [5.41, 5.74) is 2.89. The molecule has 0 atom stereocenters. The molecule has 0 amide bonds. The average molecular weight is 351 g/mol. The van der Waals surface area contributed by atoms with Crippen molar-refractivity contribution in [3.8, 4) is 0 Å². The highest BCUT2D eigenvalue weighted by atomic mass is 127. The van der Waals surface area contributed by atoms with Crippen LogP contribution in [0.2, 0.25) is 0 Å². The molecule has 4 nitrogen and oxygen atoms in total. The molecule has 16 heavy (non-hydrogen) atoms. The van der Waals surface area contributed by atoms with Crippen molar-refractivity contribution in [1.29, 1.82) is 0 Å². The third kappa shape index (κ3) is 2.73. The Morgan fingerprint density at radius 1 is 1.38 bits per heavy atom. The standard InChI is InChI=1S/C10H10INO3S/c1-16(13,14)15-12-10-5-2-7-6-8(11)3-4-9(7)10/h3-4,6H,2,5H2,1H3. The van der Waals surface area contributed by atoms with Gasteiger partial charge in [-0.3, -0.25) is 4.28 Å². The van der Waals surface area contributed by atoms with E-state index in [0.717, 1.165) is 24.7 Å². The Balaban J connectivity index is 2.30. The van der Waals surface area contributed by atoms with Gasteiger partial charge >= 0.3 is 10.1 Å². The van der Waals surface area contributed by atoms with E-state index in [4.69, 9.17) is 0 Å². The van der Waals surface area contributed by atoms with Crippen molar-refractivity contribution in [3.05, 3.63) is 32.9 Å². The predicted molar refractivity (Wildman–Crippen MR) is 69.9 cm³/mol. The quantitative estimate of drug-likeness (QED) is 0.604. The maximum atomic E-state index is 10.8. The van der Waals surface area contributed by atoms with Gasteiger partial charge in [-0.2, -0.15) is 8.42 Å². The highest BCUT2D eigenvalue weighted by molar-refractivity contribution is 14.1. The van der Waals surface area contributed by atoms with Crippen LogP contribution in [0.4, 0.5) is 0 Å². The zero-order chi connectivity index (χ0) is 11.8. The minimum atomic E-state index is -3.51. The Morgan fingerprint density at radius 2 is 2.12 bits per heavy atom. The first-order valence-corrected chi connectivity index (χ1v) is 7.59. The summed E-state index contributed by atoms with van der Waals surface area (Å²) in [4.78, 5) is 0. The fourth-order valence-corrected chi connectivity index (χ4v) is 2.43. The van der Waals surface area contributed by atoms with Crippen molar-refractivity contribution >= 4 is 38.4 Å². The Morgan fingerprint density at radius 3 is 2.81 bits per heavy atom. The van der Waals surface area contributed by atoms with E-state index in [-0.39, 0.29) is 0 Å². The first kappa shape index (κ1) is 11.8. The first-order valence-electron chi connectivity index (χ1n) is 4.70. The maximum absolute atomic E-state index is 10.8.